The molecule has 0 aliphatic carbocycles. The van der Waals surface area contributed by atoms with Crippen LogP contribution in [0.1, 0.15) is 5.56 Å². The lowest BCUT2D eigenvalue weighted by Gasteiger charge is -2.10. The summed E-state index contributed by atoms with van der Waals surface area (Å²) in [5.41, 5.74) is -0.0327. The summed E-state index contributed by atoms with van der Waals surface area (Å²) in [7, 11) is -5.13. The minimum Gasteiger partial charge on any atom is -0.489 e. The van der Waals surface area contributed by atoms with Crippen LogP contribution in [0.4, 0.5) is 12.7 Å². The molecule has 1 N–H and O–H groups in total. The first-order chi connectivity index (χ1) is 12.3. The number of hydrogen-bond acceptors (Lipinski definition) is 5. The number of nitrogens with one attached hydrogen (secondary N) is 1. The standard InChI is InChI=1S/C16H11F3N2O4S/c17-14-7-10(16-20-5-6-21-16)8-15(18)13(14)9-24-11-1-3-12(4-2-11)25-26(19,22)23/h1-8H,9H2,(H,20,21). The largest absolute Gasteiger partial charge is 0.489 e. The highest BCUT2D eigenvalue weighted by Crippen LogP contribution is 2.24. The summed E-state index contributed by atoms with van der Waals surface area (Å²) in [4.78, 5) is 6.67. The normalized spacial score (nSPS) is 11.3. The molecular formula is C16H11F3N2O4S. The van der Waals surface area contributed by atoms with Crippen molar-refractivity contribution >= 4 is 10.5 Å². The monoisotopic (exact) mass is 384 g/mol. The van der Waals surface area contributed by atoms with Crippen molar-refractivity contribution in [2.24, 2.45) is 0 Å². The molecule has 1 heterocycles. The topological polar surface area (TPSA) is 81.3 Å². The maximum absolute atomic E-state index is 14.2. The molecule has 1 aromatic heterocycles. The lowest BCUT2D eigenvalue weighted by Crippen LogP contribution is -2.03. The van der Waals surface area contributed by atoms with Crippen LogP contribution >= 0.6 is 0 Å². The molecule has 0 saturated carbocycles. The average molecular weight is 384 g/mol. The fraction of sp³-hybridized carbons (Fsp3) is 0.0625. The van der Waals surface area contributed by atoms with E-state index in [1.807, 2.05) is 0 Å². The van der Waals surface area contributed by atoms with Crippen molar-refractivity contribution in [3.05, 3.63) is 66.0 Å². The van der Waals surface area contributed by atoms with Crippen molar-refractivity contribution in [1.29, 1.82) is 0 Å². The first-order valence-corrected chi connectivity index (χ1v) is 8.47. The summed E-state index contributed by atoms with van der Waals surface area (Å²) in [6.07, 6.45) is 2.99. The highest BCUT2D eigenvalue weighted by atomic mass is 32.3. The van der Waals surface area contributed by atoms with E-state index >= 15 is 0 Å². The van der Waals surface area contributed by atoms with Gasteiger partial charge in [0.1, 0.15) is 35.6 Å². The van der Waals surface area contributed by atoms with Gasteiger partial charge in [0.2, 0.25) is 0 Å². The molecule has 0 radical (unpaired) electrons. The van der Waals surface area contributed by atoms with Gasteiger partial charge in [0.15, 0.2) is 0 Å². The van der Waals surface area contributed by atoms with Gasteiger partial charge in [0, 0.05) is 18.0 Å². The Morgan fingerprint density at radius 3 is 2.19 bits per heavy atom. The Hall–Kier alpha value is -3.01. The minimum absolute atomic E-state index is 0.183. The van der Waals surface area contributed by atoms with Crippen molar-refractivity contribution in [3.63, 3.8) is 0 Å². The van der Waals surface area contributed by atoms with Crippen LogP contribution in [0.3, 0.4) is 0 Å². The van der Waals surface area contributed by atoms with Crippen LogP contribution < -0.4 is 8.92 Å². The number of halogens is 3. The van der Waals surface area contributed by atoms with E-state index < -0.39 is 28.7 Å². The molecule has 6 nitrogen and oxygen atoms in total. The Bertz CT molecular complexity index is 983. The Morgan fingerprint density at radius 1 is 1.04 bits per heavy atom. The van der Waals surface area contributed by atoms with Crippen molar-refractivity contribution in [3.8, 4) is 22.9 Å². The third-order valence-electron chi connectivity index (χ3n) is 3.32. The average Bonchev–Trinajstić information content (AvgIpc) is 3.08. The molecule has 136 valence electrons. The molecule has 0 spiro atoms. The van der Waals surface area contributed by atoms with Gasteiger partial charge in [0.25, 0.3) is 0 Å². The zero-order valence-electron chi connectivity index (χ0n) is 12.9. The Balaban J connectivity index is 1.72. The first-order valence-electron chi connectivity index (χ1n) is 7.16. The van der Waals surface area contributed by atoms with Crippen molar-refractivity contribution < 1.29 is 30.0 Å². The Kier molecular flexibility index (Phi) is 4.85. The SMILES string of the molecule is O=S(=O)(F)Oc1ccc(OCc2c(F)cc(-c3ncc[nH]3)cc2F)cc1. The molecule has 2 aromatic carbocycles. The molecule has 0 amide bonds. The number of aromatic nitrogens is 2. The van der Waals surface area contributed by atoms with Crippen molar-refractivity contribution in [2.75, 3.05) is 0 Å². The highest BCUT2D eigenvalue weighted by Gasteiger charge is 2.14. The highest BCUT2D eigenvalue weighted by molar-refractivity contribution is 7.81. The van der Waals surface area contributed by atoms with E-state index in [2.05, 4.69) is 14.2 Å². The number of rotatable bonds is 6. The quantitative estimate of drug-likeness (QED) is 0.658. The van der Waals surface area contributed by atoms with Gasteiger partial charge in [-0.05, 0) is 36.4 Å². The van der Waals surface area contributed by atoms with Crippen LogP contribution in [-0.4, -0.2) is 18.4 Å². The number of H-pyrrole nitrogens is 1. The molecule has 10 heteroatoms. The van der Waals surface area contributed by atoms with E-state index in [4.69, 9.17) is 4.74 Å². The summed E-state index contributed by atoms with van der Waals surface area (Å²) >= 11 is 0. The lowest BCUT2D eigenvalue weighted by molar-refractivity contribution is 0.292. The predicted molar refractivity (Wildman–Crippen MR) is 85.4 cm³/mol. The van der Waals surface area contributed by atoms with Gasteiger partial charge < -0.3 is 13.9 Å². The summed E-state index contributed by atoms with van der Waals surface area (Å²) in [6.45, 7) is -0.405. The summed E-state index contributed by atoms with van der Waals surface area (Å²) in [6, 6.07) is 7.08. The number of nitrogens with zero attached hydrogens (tertiary/aromatic N) is 1. The lowest BCUT2D eigenvalue weighted by atomic mass is 10.1. The van der Waals surface area contributed by atoms with E-state index in [1.165, 1.54) is 24.5 Å². The number of aromatic amines is 1. The fourth-order valence-corrected chi connectivity index (χ4v) is 2.50. The maximum Gasteiger partial charge on any atom is 0.488 e. The smallest absolute Gasteiger partial charge is 0.488 e. The molecular weight excluding hydrogens is 373 g/mol. The van der Waals surface area contributed by atoms with Gasteiger partial charge in [-0.15, -0.1) is 0 Å². The number of imidazole rings is 1. The van der Waals surface area contributed by atoms with Crippen LogP contribution in [0.5, 0.6) is 11.5 Å². The van der Waals surface area contributed by atoms with Crippen LogP contribution in [0.2, 0.25) is 0 Å². The van der Waals surface area contributed by atoms with E-state index in [1.54, 1.807) is 0 Å². The molecule has 0 aliphatic rings. The van der Waals surface area contributed by atoms with E-state index in [-0.39, 0.29) is 22.6 Å². The van der Waals surface area contributed by atoms with Crippen molar-refractivity contribution in [1.82, 2.24) is 9.97 Å². The Labute approximate surface area is 146 Å². The first kappa shape index (κ1) is 17.8. The molecule has 0 bridgehead atoms. The number of ether oxygens (including phenoxy) is 1. The maximum atomic E-state index is 14.2. The van der Waals surface area contributed by atoms with Crippen LogP contribution in [0.15, 0.2) is 48.8 Å². The van der Waals surface area contributed by atoms with Gasteiger partial charge in [-0.2, -0.15) is 8.42 Å². The molecule has 0 aliphatic heterocycles. The van der Waals surface area contributed by atoms with Crippen molar-refractivity contribution in [2.45, 2.75) is 6.61 Å². The predicted octanol–water partition coefficient (Wildman–Crippen LogP) is 3.53. The van der Waals surface area contributed by atoms with Gasteiger partial charge in [-0.3, -0.25) is 0 Å². The van der Waals surface area contributed by atoms with Crippen LogP contribution in [-0.2, 0) is 17.1 Å². The zero-order chi connectivity index (χ0) is 18.7. The van der Waals surface area contributed by atoms with Gasteiger partial charge in [-0.25, -0.2) is 13.8 Å². The van der Waals surface area contributed by atoms with E-state index in [0.29, 0.717) is 5.82 Å². The molecule has 0 unspecified atom stereocenters. The van der Waals surface area contributed by atoms with Crippen LogP contribution in [0.25, 0.3) is 11.4 Å². The number of hydrogen-bond donors (Lipinski definition) is 1. The minimum atomic E-state index is -5.13. The van der Waals surface area contributed by atoms with Gasteiger partial charge in [-0.1, -0.05) is 3.89 Å². The fourth-order valence-electron chi connectivity index (χ4n) is 2.16. The number of benzene rings is 2. The molecule has 26 heavy (non-hydrogen) atoms. The summed E-state index contributed by atoms with van der Waals surface area (Å²) in [5, 5.41) is 0. The molecule has 3 rings (SSSR count). The molecule has 0 saturated heterocycles. The molecule has 3 aromatic rings. The summed E-state index contributed by atoms with van der Waals surface area (Å²) in [5.74, 6) is -1.36. The Morgan fingerprint density at radius 2 is 1.65 bits per heavy atom. The second-order valence-corrected chi connectivity index (χ2v) is 6.05. The van der Waals surface area contributed by atoms with Gasteiger partial charge in [0.05, 0.1) is 5.56 Å². The second kappa shape index (κ2) is 7.08. The second-order valence-electron chi connectivity index (χ2n) is 5.09. The third kappa shape index (κ3) is 4.33. The van der Waals surface area contributed by atoms with Crippen LogP contribution in [0, 0.1) is 11.6 Å². The third-order valence-corrected chi connectivity index (χ3v) is 3.71. The summed E-state index contributed by atoms with van der Waals surface area (Å²) < 4.78 is 70.8. The molecule has 0 atom stereocenters. The zero-order valence-corrected chi connectivity index (χ0v) is 13.8. The van der Waals surface area contributed by atoms with Gasteiger partial charge >= 0.3 is 10.5 Å². The van der Waals surface area contributed by atoms with E-state index in [0.717, 1.165) is 24.3 Å². The molecule has 0 fully saturated rings. The van der Waals surface area contributed by atoms with E-state index in [9.17, 15) is 21.1 Å².